The highest BCUT2D eigenvalue weighted by Gasteiger charge is 2.16. The van der Waals surface area contributed by atoms with Crippen LogP contribution in [0.5, 0.6) is 0 Å². The highest BCUT2D eigenvalue weighted by atomic mass is 35.5. The Bertz CT molecular complexity index is 609. The summed E-state index contributed by atoms with van der Waals surface area (Å²) in [5, 5.41) is 0. The number of rotatable bonds is 5. The van der Waals surface area contributed by atoms with Gasteiger partial charge in [-0.2, -0.15) is 0 Å². The monoisotopic (exact) mass is 298 g/mol. The number of nitrogens with zero attached hydrogens (tertiary/aromatic N) is 2. The minimum atomic E-state index is -0.822. The third-order valence-electron chi connectivity index (χ3n) is 3.15. The van der Waals surface area contributed by atoms with E-state index in [2.05, 4.69) is 35.5 Å². The van der Waals surface area contributed by atoms with E-state index in [1.54, 1.807) is 6.26 Å². The molecule has 2 unspecified atom stereocenters. The summed E-state index contributed by atoms with van der Waals surface area (Å²) in [6.07, 6.45) is 2.47. The van der Waals surface area contributed by atoms with Gasteiger partial charge in [0.15, 0.2) is 0 Å². The third kappa shape index (κ3) is 3.18. The molecule has 0 saturated heterocycles. The third-order valence-corrected chi connectivity index (χ3v) is 4.29. The molecule has 2 atom stereocenters. The Balaban J connectivity index is 2.55. The van der Waals surface area contributed by atoms with Crippen molar-refractivity contribution in [3.8, 4) is 0 Å². The Labute approximate surface area is 121 Å². The molecule has 0 amide bonds. The fourth-order valence-corrected chi connectivity index (χ4v) is 3.42. The Morgan fingerprint density at radius 3 is 2.84 bits per heavy atom. The average Bonchev–Trinajstić information content (AvgIpc) is 2.65. The van der Waals surface area contributed by atoms with E-state index < -0.39 is 10.8 Å². The minimum Gasteiger partial charge on any atom is -0.324 e. The second-order valence-electron chi connectivity index (χ2n) is 4.92. The van der Waals surface area contributed by atoms with Crippen LogP contribution in [-0.4, -0.2) is 31.6 Å². The first-order valence-electron chi connectivity index (χ1n) is 6.36. The number of benzene rings is 1. The van der Waals surface area contributed by atoms with Crippen LogP contribution in [-0.2, 0) is 17.2 Å². The smallest absolute Gasteiger partial charge is 0.111 e. The molecular formula is C14H19ClN2OS. The fraction of sp³-hybridized carbons (Fsp3) is 0.500. The lowest BCUT2D eigenvalue weighted by Gasteiger charge is -2.16. The van der Waals surface area contributed by atoms with Gasteiger partial charge in [-0.15, -0.1) is 11.6 Å². The zero-order valence-corrected chi connectivity index (χ0v) is 13.1. The van der Waals surface area contributed by atoms with Gasteiger partial charge in [0.25, 0.3) is 0 Å². The summed E-state index contributed by atoms with van der Waals surface area (Å²) in [6, 6.07) is 6.40. The maximum absolute atomic E-state index is 11.5. The summed E-state index contributed by atoms with van der Waals surface area (Å²) in [6.45, 7) is 4.16. The van der Waals surface area contributed by atoms with E-state index in [-0.39, 0.29) is 6.04 Å². The molecule has 1 aromatic heterocycles. The molecular weight excluding hydrogens is 280 g/mol. The lowest BCUT2D eigenvalue weighted by atomic mass is 10.2. The predicted molar refractivity (Wildman–Crippen MR) is 82.5 cm³/mol. The lowest BCUT2D eigenvalue weighted by Crippen LogP contribution is -2.16. The maximum atomic E-state index is 11.5. The van der Waals surface area contributed by atoms with Gasteiger partial charge >= 0.3 is 0 Å². The number of halogens is 1. The highest BCUT2D eigenvalue weighted by Crippen LogP contribution is 2.23. The molecule has 0 saturated carbocycles. The molecule has 3 nitrogen and oxygen atoms in total. The number of aryl methyl sites for hydroxylation is 2. The molecule has 1 heterocycles. The summed E-state index contributed by atoms with van der Waals surface area (Å²) >= 11 is 5.86. The molecule has 0 N–H and O–H groups in total. The van der Waals surface area contributed by atoms with Gasteiger partial charge in [-0.25, -0.2) is 4.98 Å². The van der Waals surface area contributed by atoms with Crippen molar-refractivity contribution in [3.63, 3.8) is 0 Å². The van der Waals surface area contributed by atoms with Crippen LogP contribution in [0.2, 0.25) is 0 Å². The molecule has 1 aromatic carbocycles. The molecule has 0 aliphatic rings. The van der Waals surface area contributed by atoms with Crippen molar-refractivity contribution in [1.29, 1.82) is 0 Å². The van der Waals surface area contributed by atoms with Crippen LogP contribution >= 0.6 is 11.6 Å². The van der Waals surface area contributed by atoms with Crippen molar-refractivity contribution in [1.82, 2.24) is 9.55 Å². The summed E-state index contributed by atoms with van der Waals surface area (Å²) in [5.74, 6) is 2.16. The van der Waals surface area contributed by atoms with Crippen LogP contribution in [0.15, 0.2) is 18.2 Å². The molecule has 2 aromatic rings. The Morgan fingerprint density at radius 1 is 1.47 bits per heavy atom. The van der Waals surface area contributed by atoms with E-state index in [1.165, 1.54) is 5.56 Å². The number of imidazole rings is 1. The lowest BCUT2D eigenvalue weighted by molar-refractivity contribution is 0.587. The Morgan fingerprint density at radius 2 is 2.21 bits per heavy atom. The number of fused-ring (bicyclic) bond motifs is 1. The number of hydrogen-bond acceptors (Lipinski definition) is 2. The van der Waals surface area contributed by atoms with Crippen molar-refractivity contribution in [2.75, 3.05) is 17.9 Å². The van der Waals surface area contributed by atoms with E-state index in [0.717, 1.165) is 23.3 Å². The molecule has 5 heteroatoms. The topological polar surface area (TPSA) is 34.9 Å². The highest BCUT2D eigenvalue weighted by molar-refractivity contribution is 7.84. The second kappa shape index (κ2) is 6.06. The summed E-state index contributed by atoms with van der Waals surface area (Å²) in [7, 11) is -0.822. The number of hydrogen-bond donors (Lipinski definition) is 0. The molecule has 104 valence electrons. The molecule has 0 aliphatic carbocycles. The number of alkyl halides is 1. The first-order chi connectivity index (χ1) is 9.02. The Hall–Kier alpha value is -0.870. The van der Waals surface area contributed by atoms with E-state index in [9.17, 15) is 4.21 Å². The van der Waals surface area contributed by atoms with Crippen molar-refractivity contribution in [2.45, 2.75) is 26.3 Å². The first-order valence-corrected chi connectivity index (χ1v) is 8.62. The molecule has 0 fully saturated rings. The standard InChI is InChI=1S/C14H19ClN2OS/c1-10-4-5-12-13(8-10)17(11(2)9-19(3)18)14(16-12)6-7-15/h4-5,8,11H,6-7,9H2,1-3H3. The summed E-state index contributed by atoms with van der Waals surface area (Å²) in [4.78, 5) is 4.65. The second-order valence-corrected chi connectivity index (χ2v) is 6.78. The minimum absolute atomic E-state index is 0.163. The van der Waals surface area contributed by atoms with Gasteiger partial charge < -0.3 is 4.57 Å². The Kier molecular flexibility index (Phi) is 4.63. The summed E-state index contributed by atoms with van der Waals surface area (Å²) in [5.41, 5.74) is 3.30. The summed E-state index contributed by atoms with van der Waals surface area (Å²) < 4.78 is 13.7. The average molecular weight is 299 g/mol. The van der Waals surface area contributed by atoms with E-state index >= 15 is 0 Å². The molecule has 0 radical (unpaired) electrons. The van der Waals surface area contributed by atoms with Crippen LogP contribution < -0.4 is 0 Å². The van der Waals surface area contributed by atoms with Crippen LogP contribution in [0.1, 0.15) is 24.4 Å². The van der Waals surface area contributed by atoms with E-state index in [4.69, 9.17) is 11.6 Å². The van der Waals surface area contributed by atoms with Crippen LogP contribution in [0.3, 0.4) is 0 Å². The molecule has 0 bridgehead atoms. The SMILES string of the molecule is Cc1ccc2nc(CCCl)n(C(C)CS(C)=O)c2c1. The zero-order valence-electron chi connectivity index (χ0n) is 11.5. The zero-order chi connectivity index (χ0) is 14.0. The van der Waals surface area contributed by atoms with Gasteiger partial charge in [-0.1, -0.05) is 6.07 Å². The van der Waals surface area contributed by atoms with E-state index in [0.29, 0.717) is 11.6 Å². The molecule has 0 aliphatic heterocycles. The quantitative estimate of drug-likeness (QED) is 0.795. The normalized spacial score (nSPS) is 14.7. The van der Waals surface area contributed by atoms with Gasteiger partial charge in [-0.3, -0.25) is 4.21 Å². The van der Waals surface area contributed by atoms with Crippen LogP contribution in [0, 0.1) is 6.92 Å². The predicted octanol–water partition coefficient (Wildman–Crippen LogP) is 3.07. The van der Waals surface area contributed by atoms with Gasteiger partial charge in [0, 0.05) is 41.2 Å². The van der Waals surface area contributed by atoms with Gasteiger partial charge in [-0.05, 0) is 31.5 Å². The largest absolute Gasteiger partial charge is 0.324 e. The van der Waals surface area contributed by atoms with Gasteiger partial charge in [0.2, 0.25) is 0 Å². The molecule has 19 heavy (non-hydrogen) atoms. The maximum Gasteiger partial charge on any atom is 0.111 e. The fourth-order valence-electron chi connectivity index (χ4n) is 2.42. The van der Waals surface area contributed by atoms with Crippen LogP contribution in [0.25, 0.3) is 11.0 Å². The first kappa shape index (κ1) is 14.5. The molecule has 0 spiro atoms. The number of aromatic nitrogens is 2. The van der Waals surface area contributed by atoms with Crippen molar-refractivity contribution < 1.29 is 4.21 Å². The van der Waals surface area contributed by atoms with Crippen molar-refractivity contribution in [2.24, 2.45) is 0 Å². The van der Waals surface area contributed by atoms with E-state index in [1.807, 2.05) is 6.07 Å². The van der Waals surface area contributed by atoms with Crippen LogP contribution in [0.4, 0.5) is 0 Å². The molecule has 2 rings (SSSR count). The van der Waals surface area contributed by atoms with Gasteiger partial charge in [0.1, 0.15) is 5.82 Å². The van der Waals surface area contributed by atoms with Crippen molar-refractivity contribution >= 4 is 33.4 Å². The van der Waals surface area contributed by atoms with Crippen molar-refractivity contribution in [3.05, 3.63) is 29.6 Å². The van der Waals surface area contributed by atoms with Gasteiger partial charge in [0.05, 0.1) is 11.0 Å².